The number of nitrogens with one attached hydrogen (secondary N) is 2. The molecular weight excluding hydrogens is 160 g/mol. The summed E-state index contributed by atoms with van der Waals surface area (Å²) in [6.45, 7) is 5.59. The second-order valence-corrected chi connectivity index (χ2v) is 3.61. The molecule has 1 atom stereocenters. The topological polar surface area (TPSA) is 27.8 Å². The van der Waals surface area contributed by atoms with Gasteiger partial charge in [-0.25, -0.2) is 0 Å². The van der Waals surface area contributed by atoms with Gasteiger partial charge in [-0.1, -0.05) is 6.92 Å². The van der Waals surface area contributed by atoms with Gasteiger partial charge in [-0.2, -0.15) is 0 Å². The SMILES string of the molecule is CCCNC(C)CCc1cc[nH]c1. The van der Waals surface area contributed by atoms with Crippen LogP contribution in [-0.2, 0) is 6.42 Å². The fraction of sp³-hybridized carbons (Fsp3) is 0.636. The van der Waals surface area contributed by atoms with Crippen LogP contribution in [-0.4, -0.2) is 17.6 Å². The number of aromatic amines is 1. The summed E-state index contributed by atoms with van der Waals surface area (Å²) in [5.74, 6) is 0. The van der Waals surface area contributed by atoms with Crippen molar-refractivity contribution in [1.29, 1.82) is 0 Å². The molecule has 0 aliphatic carbocycles. The van der Waals surface area contributed by atoms with E-state index in [1.165, 1.54) is 24.8 Å². The van der Waals surface area contributed by atoms with Crippen LogP contribution in [0, 0.1) is 0 Å². The summed E-state index contributed by atoms with van der Waals surface area (Å²) in [5, 5.41) is 3.48. The molecular formula is C11H20N2. The molecule has 74 valence electrons. The lowest BCUT2D eigenvalue weighted by Crippen LogP contribution is -2.26. The maximum Gasteiger partial charge on any atom is 0.00418 e. The van der Waals surface area contributed by atoms with Crippen molar-refractivity contribution in [3.63, 3.8) is 0 Å². The van der Waals surface area contributed by atoms with Gasteiger partial charge in [0.05, 0.1) is 0 Å². The molecule has 2 heteroatoms. The molecule has 0 saturated carbocycles. The van der Waals surface area contributed by atoms with Gasteiger partial charge < -0.3 is 10.3 Å². The van der Waals surface area contributed by atoms with E-state index in [9.17, 15) is 0 Å². The summed E-state index contributed by atoms with van der Waals surface area (Å²) in [7, 11) is 0. The molecule has 1 aromatic rings. The van der Waals surface area contributed by atoms with Crippen molar-refractivity contribution >= 4 is 0 Å². The molecule has 13 heavy (non-hydrogen) atoms. The van der Waals surface area contributed by atoms with Crippen molar-refractivity contribution in [2.45, 2.75) is 39.2 Å². The molecule has 0 aromatic carbocycles. The smallest absolute Gasteiger partial charge is 0.00418 e. The van der Waals surface area contributed by atoms with Crippen molar-refractivity contribution in [2.24, 2.45) is 0 Å². The molecule has 0 saturated heterocycles. The molecule has 2 nitrogen and oxygen atoms in total. The van der Waals surface area contributed by atoms with Crippen molar-refractivity contribution in [3.8, 4) is 0 Å². The van der Waals surface area contributed by atoms with Crippen LogP contribution in [0.5, 0.6) is 0 Å². The normalized spacial score (nSPS) is 13.1. The first-order chi connectivity index (χ1) is 6.33. The lowest BCUT2D eigenvalue weighted by Gasteiger charge is -2.11. The molecule has 1 unspecified atom stereocenters. The van der Waals surface area contributed by atoms with Crippen molar-refractivity contribution in [1.82, 2.24) is 10.3 Å². The van der Waals surface area contributed by atoms with E-state index < -0.39 is 0 Å². The van der Waals surface area contributed by atoms with Gasteiger partial charge in [0.25, 0.3) is 0 Å². The zero-order valence-electron chi connectivity index (χ0n) is 8.64. The molecule has 0 radical (unpaired) electrons. The van der Waals surface area contributed by atoms with Crippen LogP contribution in [0.25, 0.3) is 0 Å². The minimum Gasteiger partial charge on any atom is -0.367 e. The van der Waals surface area contributed by atoms with E-state index in [1.54, 1.807) is 0 Å². The van der Waals surface area contributed by atoms with Gasteiger partial charge >= 0.3 is 0 Å². The number of aryl methyl sites for hydroxylation is 1. The number of aromatic nitrogens is 1. The van der Waals surface area contributed by atoms with Gasteiger partial charge in [-0.3, -0.25) is 0 Å². The van der Waals surface area contributed by atoms with Crippen molar-refractivity contribution in [3.05, 3.63) is 24.0 Å². The van der Waals surface area contributed by atoms with Crippen LogP contribution in [0.1, 0.15) is 32.3 Å². The van der Waals surface area contributed by atoms with E-state index >= 15 is 0 Å². The van der Waals surface area contributed by atoms with E-state index in [0.29, 0.717) is 6.04 Å². The summed E-state index contributed by atoms with van der Waals surface area (Å²) in [6, 6.07) is 2.78. The summed E-state index contributed by atoms with van der Waals surface area (Å²) in [4.78, 5) is 3.08. The van der Waals surface area contributed by atoms with Gasteiger partial charge in [0.15, 0.2) is 0 Å². The van der Waals surface area contributed by atoms with Crippen LogP contribution in [0.2, 0.25) is 0 Å². The van der Waals surface area contributed by atoms with E-state index in [0.717, 1.165) is 6.54 Å². The average Bonchev–Trinajstić information content (AvgIpc) is 2.64. The molecule has 0 spiro atoms. The third-order valence-electron chi connectivity index (χ3n) is 2.27. The predicted octanol–water partition coefficient (Wildman–Crippen LogP) is 2.34. The summed E-state index contributed by atoms with van der Waals surface area (Å²) < 4.78 is 0. The minimum atomic E-state index is 0.634. The number of hydrogen-bond acceptors (Lipinski definition) is 1. The standard InChI is InChI=1S/C11H20N2/c1-3-7-13-10(2)4-5-11-6-8-12-9-11/h6,8-10,12-13H,3-5,7H2,1-2H3. The second kappa shape index (κ2) is 5.81. The van der Waals surface area contributed by atoms with E-state index in [-0.39, 0.29) is 0 Å². The third kappa shape index (κ3) is 4.13. The summed E-state index contributed by atoms with van der Waals surface area (Å²) >= 11 is 0. The van der Waals surface area contributed by atoms with Crippen LogP contribution < -0.4 is 5.32 Å². The quantitative estimate of drug-likeness (QED) is 0.691. The van der Waals surface area contributed by atoms with Gasteiger partial charge in [-0.15, -0.1) is 0 Å². The fourth-order valence-corrected chi connectivity index (χ4v) is 1.39. The zero-order chi connectivity index (χ0) is 9.52. The molecule has 0 aliphatic rings. The molecule has 1 heterocycles. The lowest BCUT2D eigenvalue weighted by molar-refractivity contribution is 0.514. The summed E-state index contributed by atoms with van der Waals surface area (Å²) in [5.41, 5.74) is 1.41. The van der Waals surface area contributed by atoms with Gasteiger partial charge in [0.2, 0.25) is 0 Å². The monoisotopic (exact) mass is 180 g/mol. The molecule has 1 aromatic heterocycles. The van der Waals surface area contributed by atoms with Crippen LogP contribution in [0.4, 0.5) is 0 Å². The molecule has 1 rings (SSSR count). The Morgan fingerprint density at radius 1 is 1.54 bits per heavy atom. The van der Waals surface area contributed by atoms with Crippen molar-refractivity contribution < 1.29 is 0 Å². The first-order valence-corrected chi connectivity index (χ1v) is 5.18. The van der Waals surface area contributed by atoms with Crippen molar-refractivity contribution in [2.75, 3.05) is 6.54 Å². The molecule has 0 aliphatic heterocycles. The maximum atomic E-state index is 3.48. The number of rotatable bonds is 6. The fourth-order valence-electron chi connectivity index (χ4n) is 1.39. The highest BCUT2D eigenvalue weighted by Gasteiger charge is 2.00. The largest absolute Gasteiger partial charge is 0.367 e. The Morgan fingerprint density at radius 3 is 3.00 bits per heavy atom. The Balaban J connectivity index is 2.11. The number of H-pyrrole nitrogens is 1. The maximum absolute atomic E-state index is 3.48. The van der Waals surface area contributed by atoms with Crippen LogP contribution in [0.15, 0.2) is 18.5 Å². The Kier molecular flexibility index (Phi) is 4.61. The van der Waals surface area contributed by atoms with Crippen LogP contribution >= 0.6 is 0 Å². The first-order valence-electron chi connectivity index (χ1n) is 5.18. The zero-order valence-corrected chi connectivity index (χ0v) is 8.64. The Hall–Kier alpha value is -0.760. The Bertz CT molecular complexity index is 204. The van der Waals surface area contributed by atoms with E-state index in [4.69, 9.17) is 0 Å². The summed E-state index contributed by atoms with van der Waals surface area (Å²) in [6.07, 6.45) is 7.67. The minimum absolute atomic E-state index is 0.634. The Morgan fingerprint density at radius 2 is 2.38 bits per heavy atom. The Labute approximate surface area is 80.7 Å². The second-order valence-electron chi connectivity index (χ2n) is 3.61. The molecule has 0 bridgehead atoms. The number of hydrogen-bond donors (Lipinski definition) is 2. The third-order valence-corrected chi connectivity index (χ3v) is 2.27. The average molecular weight is 180 g/mol. The first kappa shape index (κ1) is 10.3. The lowest BCUT2D eigenvalue weighted by atomic mass is 10.1. The highest BCUT2D eigenvalue weighted by Crippen LogP contribution is 2.03. The molecule has 2 N–H and O–H groups in total. The van der Waals surface area contributed by atoms with E-state index in [1.807, 2.05) is 6.20 Å². The van der Waals surface area contributed by atoms with Gasteiger partial charge in [0, 0.05) is 18.4 Å². The molecule has 0 fully saturated rings. The molecule has 0 amide bonds. The van der Waals surface area contributed by atoms with Gasteiger partial charge in [0.1, 0.15) is 0 Å². The highest BCUT2D eigenvalue weighted by atomic mass is 14.9. The highest BCUT2D eigenvalue weighted by molar-refractivity contribution is 5.08. The van der Waals surface area contributed by atoms with Crippen LogP contribution in [0.3, 0.4) is 0 Å². The van der Waals surface area contributed by atoms with E-state index in [2.05, 4.69) is 36.4 Å². The van der Waals surface area contributed by atoms with Gasteiger partial charge in [-0.05, 0) is 44.4 Å². The predicted molar refractivity (Wildman–Crippen MR) is 56.9 cm³/mol.